The first-order valence-corrected chi connectivity index (χ1v) is 8.55. The van der Waals surface area contributed by atoms with E-state index in [1.165, 1.54) is 18.2 Å². The van der Waals surface area contributed by atoms with E-state index in [0.717, 1.165) is 43.7 Å². The van der Waals surface area contributed by atoms with Gasteiger partial charge in [-0.05, 0) is 49.5 Å². The number of benzene rings is 1. The number of carboxylic acids is 1. The number of hydrogen-bond acceptors (Lipinski definition) is 2. The molecule has 1 aliphatic carbocycles. The number of halogens is 3. The molecule has 0 radical (unpaired) electrons. The number of allylic oxidation sites excluding steroid dienone is 3. The van der Waals surface area contributed by atoms with Gasteiger partial charge in [-0.25, -0.2) is 4.79 Å². The maximum Gasteiger partial charge on any atom is 0.454 e. The minimum Gasteiger partial charge on any atom is -0.478 e. The van der Waals surface area contributed by atoms with Crippen LogP contribution in [-0.4, -0.2) is 23.0 Å². The lowest BCUT2D eigenvalue weighted by Gasteiger charge is -2.28. The molecule has 0 saturated heterocycles. The Balaban J connectivity index is 1.84. The highest BCUT2D eigenvalue weighted by Gasteiger charge is 2.39. The van der Waals surface area contributed by atoms with Gasteiger partial charge < -0.3 is 5.11 Å². The minimum atomic E-state index is -4.84. The molecule has 1 N–H and O–H groups in total. The van der Waals surface area contributed by atoms with Crippen LogP contribution in [0.1, 0.15) is 53.9 Å². The zero-order valence-corrected chi connectivity index (χ0v) is 14.2. The standard InChI is InChI=1S/C20H21F3O3/c21-20(22,23)19(26)17-12-10-16(11-13-17)15-8-6-14(7-9-15)4-2-1-3-5-18(24)25/h1-3,5,10-15H,4,6-9H2,(H,24,25). The molecule has 0 atom stereocenters. The lowest BCUT2D eigenvalue weighted by molar-refractivity contribution is -0.131. The highest BCUT2D eigenvalue weighted by Crippen LogP contribution is 2.37. The average molecular weight is 366 g/mol. The summed E-state index contributed by atoms with van der Waals surface area (Å²) in [6.07, 6.45) is 6.26. The van der Waals surface area contributed by atoms with Crippen LogP contribution in [0.25, 0.3) is 0 Å². The normalized spacial score (nSPS) is 21.3. The summed E-state index contributed by atoms with van der Waals surface area (Å²) in [7, 11) is 0. The van der Waals surface area contributed by atoms with Gasteiger partial charge in [0.1, 0.15) is 0 Å². The summed E-state index contributed by atoms with van der Waals surface area (Å²) >= 11 is 0. The van der Waals surface area contributed by atoms with E-state index >= 15 is 0 Å². The van der Waals surface area contributed by atoms with E-state index in [1.54, 1.807) is 18.2 Å². The molecule has 0 heterocycles. The van der Waals surface area contributed by atoms with Crippen LogP contribution in [0.5, 0.6) is 0 Å². The van der Waals surface area contributed by atoms with E-state index in [4.69, 9.17) is 5.11 Å². The Morgan fingerprint density at radius 2 is 1.65 bits per heavy atom. The molecule has 1 fully saturated rings. The van der Waals surface area contributed by atoms with Crippen LogP contribution in [0.4, 0.5) is 13.2 Å². The van der Waals surface area contributed by atoms with Gasteiger partial charge in [0, 0.05) is 11.6 Å². The molecule has 6 heteroatoms. The van der Waals surface area contributed by atoms with Crippen molar-refractivity contribution in [3.05, 3.63) is 59.7 Å². The maximum absolute atomic E-state index is 12.4. The minimum absolute atomic E-state index is 0.303. The SMILES string of the molecule is O=C(O)C=CC=CCC1CCC(c2ccc(C(=O)C(F)(F)F)cc2)CC1. The van der Waals surface area contributed by atoms with Crippen LogP contribution >= 0.6 is 0 Å². The summed E-state index contributed by atoms with van der Waals surface area (Å²) in [5.41, 5.74) is 0.650. The van der Waals surface area contributed by atoms with Crippen molar-refractivity contribution in [2.75, 3.05) is 0 Å². The molecule has 2 rings (SSSR count). The second kappa shape index (κ2) is 8.83. The number of hydrogen-bond donors (Lipinski definition) is 1. The van der Waals surface area contributed by atoms with Gasteiger partial charge in [-0.1, -0.05) is 42.5 Å². The number of Topliss-reactive ketones (excluding diaryl/α,β-unsaturated/α-hetero) is 1. The second-order valence-electron chi connectivity index (χ2n) is 6.53. The molecular formula is C20H21F3O3. The lowest BCUT2D eigenvalue weighted by atomic mass is 9.77. The van der Waals surface area contributed by atoms with E-state index in [9.17, 15) is 22.8 Å². The van der Waals surface area contributed by atoms with Gasteiger partial charge in [0.15, 0.2) is 0 Å². The first kappa shape index (κ1) is 19.9. The lowest BCUT2D eigenvalue weighted by Crippen LogP contribution is -2.22. The summed E-state index contributed by atoms with van der Waals surface area (Å²) in [5.74, 6) is -1.95. The van der Waals surface area contributed by atoms with Crippen LogP contribution in [0.3, 0.4) is 0 Å². The van der Waals surface area contributed by atoms with E-state index in [1.807, 2.05) is 6.08 Å². The van der Waals surface area contributed by atoms with Crippen molar-refractivity contribution >= 4 is 11.8 Å². The number of aliphatic carboxylic acids is 1. The molecule has 1 aromatic carbocycles. The van der Waals surface area contributed by atoms with E-state index in [-0.39, 0.29) is 5.56 Å². The van der Waals surface area contributed by atoms with Gasteiger partial charge in [0.2, 0.25) is 0 Å². The molecule has 3 nitrogen and oxygen atoms in total. The zero-order chi connectivity index (χ0) is 19.2. The van der Waals surface area contributed by atoms with Crippen LogP contribution in [-0.2, 0) is 4.79 Å². The van der Waals surface area contributed by atoms with Gasteiger partial charge in [-0.3, -0.25) is 4.79 Å². The quantitative estimate of drug-likeness (QED) is 0.423. The van der Waals surface area contributed by atoms with Crippen molar-refractivity contribution in [2.24, 2.45) is 5.92 Å². The first-order chi connectivity index (χ1) is 12.3. The molecule has 0 amide bonds. The fourth-order valence-electron chi connectivity index (χ4n) is 3.29. The Morgan fingerprint density at radius 1 is 1.04 bits per heavy atom. The van der Waals surface area contributed by atoms with Crippen molar-refractivity contribution in [1.29, 1.82) is 0 Å². The van der Waals surface area contributed by atoms with Crippen molar-refractivity contribution < 1.29 is 27.9 Å². The molecule has 26 heavy (non-hydrogen) atoms. The van der Waals surface area contributed by atoms with Crippen molar-refractivity contribution in [3.63, 3.8) is 0 Å². The molecule has 1 saturated carbocycles. The number of carbonyl (C=O) groups excluding carboxylic acids is 1. The van der Waals surface area contributed by atoms with Crippen molar-refractivity contribution in [3.8, 4) is 0 Å². The average Bonchev–Trinajstić information content (AvgIpc) is 2.60. The van der Waals surface area contributed by atoms with Crippen LogP contribution in [0, 0.1) is 5.92 Å². The Labute approximate surface area is 150 Å². The maximum atomic E-state index is 12.4. The van der Waals surface area contributed by atoms with Gasteiger partial charge in [0.05, 0.1) is 0 Å². The third-order valence-electron chi connectivity index (χ3n) is 4.70. The van der Waals surface area contributed by atoms with Gasteiger partial charge in [0.25, 0.3) is 5.78 Å². The molecule has 0 unspecified atom stereocenters. The van der Waals surface area contributed by atoms with Crippen molar-refractivity contribution in [2.45, 2.75) is 44.2 Å². The predicted molar refractivity (Wildman–Crippen MR) is 92.1 cm³/mol. The van der Waals surface area contributed by atoms with E-state index < -0.39 is 17.9 Å². The molecule has 140 valence electrons. The Bertz CT molecular complexity index is 679. The van der Waals surface area contributed by atoms with Crippen LogP contribution < -0.4 is 0 Å². The number of carboxylic acid groups (broad SMARTS) is 1. The molecular weight excluding hydrogens is 345 g/mol. The van der Waals surface area contributed by atoms with Crippen LogP contribution in [0.15, 0.2) is 48.6 Å². The third kappa shape index (κ3) is 5.86. The molecule has 0 spiro atoms. The Hall–Kier alpha value is -2.37. The monoisotopic (exact) mass is 366 g/mol. The topological polar surface area (TPSA) is 54.4 Å². The van der Waals surface area contributed by atoms with E-state index in [0.29, 0.717) is 11.8 Å². The van der Waals surface area contributed by atoms with Gasteiger partial charge >= 0.3 is 12.1 Å². The molecule has 1 aliphatic rings. The fourth-order valence-corrected chi connectivity index (χ4v) is 3.29. The number of alkyl halides is 3. The number of carbonyl (C=O) groups is 2. The smallest absolute Gasteiger partial charge is 0.454 e. The number of ketones is 1. The molecule has 0 bridgehead atoms. The highest BCUT2D eigenvalue weighted by molar-refractivity contribution is 6.00. The zero-order valence-electron chi connectivity index (χ0n) is 14.2. The molecule has 0 aromatic heterocycles. The third-order valence-corrected chi connectivity index (χ3v) is 4.70. The largest absolute Gasteiger partial charge is 0.478 e. The number of rotatable bonds is 6. The summed E-state index contributed by atoms with van der Waals surface area (Å²) in [4.78, 5) is 21.6. The summed E-state index contributed by atoms with van der Waals surface area (Å²) in [6.45, 7) is 0. The Morgan fingerprint density at radius 3 is 2.19 bits per heavy atom. The predicted octanol–water partition coefficient (Wildman–Crippen LogP) is 5.29. The van der Waals surface area contributed by atoms with Crippen molar-refractivity contribution in [1.82, 2.24) is 0 Å². The second-order valence-corrected chi connectivity index (χ2v) is 6.53. The summed E-state index contributed by atoms with van der Waals surface area (Å²) in [5, 5.41) is 8.49. The van der Waals surface area contributed by atoms with Gasteiger partial charge in [-0.15, -0.1) is 0 Å². The van der Waals surface area contributed by atoms with Gasteiger partial charge in [-0.2, -0.15) is 13.2 Å². The van der Waals surface area contributed by atoms with E-state index in [2.05, 4.69) is 0 Å². The highest BCUT2D eigenvalue weighted by atomic mass is 19.4. The fraction of sp³-hybridized carbons (Fsp3) is 0.400. The summed E-state index contributed by atoms with van der Waals surface area (Å²) < 4.78 is 37.3. The van der Waals surface area contributed by atoms with Crippen LogP contribution in [0.2, 0.25) is 0 Å². The molecule has 0 aliphatic heterocycles. The summed E-state index contributed by atoms with van der Waals surface area (Å²) in [6, 6.07) is 5.77. The Kier molecular flexibility index (Phi) is 6.77. The molecule has 1 aromatic rings. The first-order valence-electron chi connectivity index (χ1n) is 8.55.